The van der Waals surface area contributed by atoms with Crippen molar-refractivity contribution < 1.29 is 0 Å². The molecule has 0 fully saturated rings. The smallest absolute Gasteiger partial charge is 0.0403 e. The zero-order chi connectivity index (χ0) is 16.7. The Kier molecular flexibility index (Phi) is 19.6. The molecule has 20 heavy (non-hydrogen) atoms. The van der Waals surface area contributed by atoms with Gasteiger partial charge in [-0.1, -0.05) is 67.5 Å². The van der Waals surface area contributed by atoms with Crippen molar-refractivity contribution in [3.8, 4) is 0 Å². The minimum atomic E-state index is 0.536. The minimum Gasteiger partial charge on any atom is -0.262 e. The van der Waals surface area contributed by atoms with E-state index in [2.05, 4.69) is 72.5 Å². The first-order valence-electron chi connectivity index (χ1n) is 8.13. The van der Waals surface area contributed by atoms with Gasteiger partial charge in [0.15, 0.2) is 0 Å². The van der Waals surface area contributed by atoms with Gasteiger partial charge in [-0.25, -0.2) is 0 Å². The monoisotopic (exact) mass is 281 g/mol. The molecule has 0 radical (unpaired) electrons. The zero-order valence-corrected chi connectivity index (χ0v) is 16.0. The van der Waals surface area contributed by atoms with Crippen molar-refractivity contribution in [2.75, 3.05) is 0 Å². The molecule has 0 amide bonds. The third-order valence-electron chi connectivity index (χ3n) is 2.39. The highest BCUT2D eigenvalue weighted by atomic mass is 14.8. The second-order valence-electron chi connectivity index (χ2n) is 5.60. The van der Waals surface area contributed by atoms with Crippen LogP contribution in [0.4, 0.5) is 0 Å². The van der Waals surface area contributed by atoms with Crippen molar-refractivity contribution in [2.24, 2.45) is 16.8 Å². The molecule has 0 unspecified atom stereocenters. The molecule has 0 aliphatic carbocycles. The summed E-state index contributed by atoms with van der Waals surface area (Å²) in [7, 11) is 0. The normalized spacial score (nSPS) is 12.8. The molecule has 0 spiro atoms. The van der Waals surface area contributed by atoms with E-state index < -0.39 is 0 Å². The number of allylic oxidation sites excluding steroid dienone is 4. The molecule has 0 atom stereocenters. The van der Waals surface area contributed by atoms with Crippen LogP contribution < -0.4 is 0 Å². The average molecular weight is 282 g/mol. The number of hydrogen-bond acceptors (Lipinski definition) is 1. The maximum atomic E-state index is 4.61. The summed E-state index contributed by atoms with van der Waals surface area (Å²) in [5, 5.41) is 0. The van der Waals surface area contributed by atoms with Crippen LogP contribution in [0.25, 0.3) is 0 Å². The highest BCUT2D eigenvalue weighted by Gasteiger charge is 2.00. The van der Waals surface area contributed by atoms with Gasteiger partial charge in [0.25, 0.3) is 0 Å². The minimum absolute atomic E-state index is 0.536. The highest BCUT2D eigenvalue weighted by molar-refractivity contribution is 5.84. The molecule has 0 aliphatic heterocycles. The van der Waals surface area contributed by atoms with E-state index in [4.69, 9.17) is 0 Å². The summed E-state index contributed by atoms with van der Waals surface area (Å²) in [4.78, 5) is 4.61. The van der Waals surface area contributed by atoms with E-state index in [1.807, 2.05) is 20.8 Å². The molecule has 0 aliphatic rings. The number of hydrogen-bond donors (Lipinski definition) is 0. The number of aliphatic imine (C=N–C) groups is 1. The van der Waals surface area contributed by atoms with Crippen molar-refractivity contribution in [3.63, 3.8) is 0 Å². The van der Waals surface area contributed by atoms with Crippen LogP contribution in [0.1, 0.15) is 82.6 Å². The summed E-state index contributed by atoms with van der Waals surface area (Å²) in [5.74, 6) is 1.37. The molecule has 0 saturated carbocycles. The van der Waals surface area contributed by atoms with Crippen LogP contribution in [0.3, 0.4) is 0 Å². The van der Waals surface area contributed by atoms with E-state index in [0.717, 1.165) is 18.0 Å². The lowest BCUT2D eigenvalue weighted by Gasteiger charge is -2.06. The molecule has 0 saturated heterocycles. The van der Waals surface area contributed by atoms with Gasteiger partial charge in [0.05, 0.1) is 0 Å². The van der Waals surface area contributed by atoms with Crippen LogP contribution in [0.5, 0.6) is 0 Å². The number of rotatable bonds is 4. The first kappa shape index (κ1) is 24.2. The quantitative estimate of drug-likeness (QED) is 0.386. The summed E-state index contributed by atoms with van der Waals surface area (Å²) in [6, 6.07) is 0. The van der Waals surface area contributed by atoms with Gasteiger partial charge in [0.2, 0.25) is 0 Å². The van der Waals surface area contributed by atoms with Gasteiger partial charge >= 0.3 is 0 Å². The molecule has 0 heterocycles. The standard InChI is InChI=1S/C13H23N.C4H10.C2H6/c1-7-9-13(8-2)12(6)14-11(5)10(3)4;1-4(2)3;1-2/h7,9-10H,8H2,1-6H3;4H,1-3H3;1-2H3/b9-7-,13-12+,14-11?;;. The topological polar surface area (TPSA) is 12.4 Å². The van der Waals surface area contributed by atoms with Crippen molar-refractivity contribution in [2.45, 2.75) is 82.6 Å². The van der Waals surface area contributed by atoms with Crippen LogP contribution in [0.15, 0.2) is 28.4 Å². The van der Waals surface area contributed by atoms with E-state index in [9.17, 15) is 0 Å². The van der Waals surface area contributed by atoms with Crippen LogP contribution in [0, 0.1) is 11.8 Å². The molecule has 0 aromatic rings. The van der Waals surface area contributed by atoms with E-state index in [1.165, 1.54) is 11.3 Å². The lowest BCUT2D eigenvalue weighted by atomic mass is 10.1. The second-order valence-corrected chi connectivity index (χ2v) is 5.60. The first-order valence-corrected chi connectivity index (χ1v) is 8.13. The Hall–Kier alpha value is -0.850. The molecular weight excluding hydrogens is 242 g/mol. The fourth-order valence-electron chi connectivity index (χ4n) is 1.16. The Balaban J connectivity index is -0.000000410. The largest absolute Gasteiger partial charge is 0.262 e. The van der Waals surface area contributed by atoms with Gasteiger partial charge < -0.3 is 0 Å². The molecule has 0 aromatic carbocycles. The maximum Gasteiger partial charge on any atom is 0.0403 e. The summed E-state index contributed by atoms with van der Waals surface area (Å²) in [6.45, 7) is 23.2. The molecule has 0 bridgehead atoms. The maximum absolute atomic E-state index is 4.61. The third kappa shape index (κ3) is 17.2. The van der Waals surface area contributed by atoms with Crippen LogP contribution >= 0.6 is 0 Å². The fourth-order valence-corrected chi connectivity index (χ4v) is 1.16. The summed E-state index contributed by atoms with van der Waals surface area (Å²) < 4.78 is 0. The molecule has 1 heteroatoms. The van der Waals surface area contributed by atoms with Gasteiger partial charge in [-0.05, 0) is 44.6 Å². The van der Waals surface area contributed by atoms with Crippen molar-refractivity contribution in [3.05, 3.63) is 23.4 Å². The van der Waals surface area contributed by atoms with E-state index in [1.54, 1.807) is 0 Å². The van der Waals surface area contributed by atoms with Crippen molar-refractivity contribution >= 4 is 5.71 Å². The van der Waals surface area contributed by atoms with Crippen LogP contribution in [-0.2, 0) is 0 Å². The molecule has 0 rings (SSSR count). The Bertz CT molecular complexity index is 288. The predicted molar refractivity (Wildman–Crippen MR) is 97.6 cm³/mol. The molecule has 1 nitrogen and oxygen atoms in total. The second kappa shape index (κ2) is 16.2. The first-order chi connectivity index (χ1) is 9.26. The van der Waals surface area contributed by atoms with E-state index in [0.29, 0.717) is 5.92 Å². The van der Waals surface area contributed by atoms with Crippen LogP contribution in [0.2, 0.25) is 0 Å². The Labute approximate surface area is 129 Å². The predicted octanol–water partition coefficient (Wildman–Crippen LogP) is 7.05. The Morgan fingerprint density at radius 3 is 1.65 bits per heavy atom. The Morgan fingerprint density at radius 2 is 1.40 bits per heavy atom. The zero-order valence-electron chi connectivity index (χ0n) is 16.0. The summed E-state index contributed by atoms with van der Waals surface area (Å²) >= 11 is 0. The van der Waals surface area contributed by atoms with Gasteiger partial charge in [0, 0.05) is 11.4 Å². The third-order valence-corrected chi connectivity index (χ3v) is 2.39. The molecule has 120 valence electrons. The highest BCUT2D eigenvalue weighted by Crippen LogP contribution is 2.13. The molecule has 0 N–H and O–H groups in total. The van der Waals surface area contributed by atoms with Crippen molar-refractivity contribution in [1.82, 2.24) is 0 Å². The van der Waals surface area contributed by atoms with E-state index >= 15 is 0 Å². The van der Waals surface area contributed by atoms with Gasteiger partial charge in [-0.15, -0.1) is 0 Å². The number of nitrogens with zero attached hydrogens (tertiary/aromatic N) is 1. The van der Waals surface area contributed by atoms with Gasteiger partial charge in [-0.3, -0.25) is 4.99 Å². The fraction of sp³-hybridized carbons (Fsp3) is 0.737. The molecular formula is C19H39N. The lowest BCUT2D eigenvalue weighted by Crippen LogP contribution is -2.02. The van der Waals surface area contributed by atoms with Crippen molar-refractivity contribution in [1.29, 1.82) is 0 Å². The lowest BCUT2D eigenvalue weighted by molar-refractivity contribution is 0.737. The van der Waals surface area contributed by atoms with Gasteiger partial charge in [-0.2, -0.15) is 0 Å². The summed E-state index contributed by atoms with van der Waals surface area (Å²) in [6.07, 6.45) is 5.26. The Morgan fingerprint density at radius 1 is 1.00 bits per heavy atom. The van der Waals surface area contributed by atoms with E-state index in [-0.39, 0.29) is 0 Å². The van der Waals surface area contributed by atoms with Gasteiger partial charge in [0.1, 0.15) is 0 Å². The summed E-state index contributed by atoms with van der Waals surface area (Å²) in [5.41, 5.74) is 3.68. The molecule has 0 aromatic heterocycles. The SMILES string of the molecule is C/C=C\C(CC)=C(/C)N=C(C)C(C)C.CC.CC(C)C. The van der Waals surface area contributed by atoms with Crippen LogP contribution in [-0.4, -0.2) is 5.71 Å². The average Bonchev–Trinajstić information content (AvgIpc) is 2.37.